The summed E-state index contributed by atoms with van der Waals surface area (Å²) in [5.74, 6) is 0.800. The zero-order valence-electron chi connectivity index (χ0n) is 18.2. The van der Waals surface area contributed by atoms with E-state index in [2.05, 4.69) is 9.64 Å². The minimum absolute atomic E-state index is 0.111. The van der Waals surface area contributed by atoms with Gasteiger partial charge in [-0.15, -0.1) is 0 Å². The Morgan fingerprint density at radius 2 is 1.84 bits per heavy atom. The molecule has 2 heterocycles. The number of carbonyl (C=O) groups excluding carboxylic acids is 3. The van der Waals surface area contributed by atoms with Crippen LogP contribution in [0.25, 0.3) is 0 Å². The molecule has 0 aliphatic carbocycles. The van der Waals surface area contributed by atoms with Gasteiger partial charge in [0.2, 0.25) is 0 Å². The lowest BCUT2D eigenvalue weighted by Crippen LogP contribution is -2.44. The number of hydrogen-bond donors (Lipinski definition) is 0. The van der Waals surface area contributed by atoms with E-state index in [-0.39, 0.29) is 30.9 Å². The van der Waals surface area contributed by atoms with Crippen molar-refractivity contribution in [3.63, 3.8) is 0 Å². The fourth-order valence-corrected chi connectivity index (χ4v) is 3.23. The fraction of sp³-hybridized carbons (Fsp3) is 0.435. The number of methoxy groups -OCH3 is 1. The van der Waals surface area contributed by atoms with Crippen LogP contribution in [-0.4, -0.2) is 62.1 Å². The predicted octanol–water partition coefficient (Wildman–Crippen LogP) is 2.37. The van der Waals surface area contributed by atoms with Gasteiger partial charge in [0.05, 0.1) is 20.3 Å². The second-order valence-electron chi connectivity index (χ2n) is 7.39. The van der Waals surface area contributed by atoms with Crippen molar-refractivity contribution < 1.29 is 37.7 Å². The maximum atomic E-state index is 12.0. The molecule has 32 heavy (non-hydrogen) atoms. The summed E-state index contributed by atoms with van der Waals surface area (Å²) in [6, 6.07) is 10.3. The molecule has 1 aliphatic rings. The van der Waals surface area contributed by atoms with Gasteiger partial charge in [-0.3, -0.25) is 19.3 Å². The highest BCUT2D eigenvalue weighted by Crippen LogP contribution is 2.17. The number of furan rings is 1. The molecule has 1 aliphatic heterocycles. The quantitative estimate of drug-likeness (QED) is 0.310. The molecular weight excluding hydrogens is 418 g/mol. The summed E-state index contributed by atoms with van der Waals surface area (Å²) >= 11 is 0. The first-order valence-corrected chi connectivity index (χ1v) is 10.3. The van der Waals surface area contributed by atoms with E-state index in [1.165, 1.54) is 14.0 Å². The highest BCUT2D eigenvalue weighted by Gasteiger charge is 2.22. The predicted molar refractivity (Wildman–Crippen MR) is 112 cm³/mol. The van der Waals surface area contributed by atoms with Crippen LogP contribution in [0.3, 0.4) is 0 Å². The van der Waals surface area contributed by atoms with E-state index in [0.717, 1.165) is 12.3 Å². The minimum Gasteiger partial charge on any atom is -0.491 e. The number of carbonyl (C=O) groups is 3. The van der Waals surface area contributed by atoms with Crippen LogP contribution in [0, 0.1) is 0 Å². The zero-order valence-corrected chi connectivity index (χ0v) is 18.2. The second kappa shape index (κ2) is 11.4. The van der Waals surface area contributed by atoms with Crippen LogP contribution in [0.15, 0.2) is 40.8 Å². The lowest BCUT2D eigenvalue weighted by molar-refractivity contribution is -0.143. The number of nitrogens with zero attached hydrogens (tertiary/aromatic N) is 1. The normalized spacial score (nSPS) is 16.4. The number of hydrogen-bond acceptors (Lipinski definition) is 9. The molecule has 1 fully saturated rings. The largest absolute Gasteiger partial charge is 0.491 e. The lowest BCUT2D eigenvalue weighted by atomic mass is 10.1. The topological polar surface area (TPSA) is 105 Å². The van der Waals surface area contributed by atoms with Crippen LogP contribution in [0.5, 0.6) is 5.75 Å². The van der Waals surface area contributed by atoms with Gasteiger partial charge in [0.1, 0.15) is 43.0 Å². The van der Waals surface area contributed by atoms with Crippen LogP contribution in [0.2, 0.25) is 0 Å². The SMILES string of the molecule is COC(=O)CC(=O)c1ccc(OCC2CN(Cc3ccc(COC(C)=O)o3)CCO2)cc1. The Kier molecular flexibility index (Phi) is 8.41. The van der Waals surface area contributed by atoms with Crippen LogP contribution in [0.1, 0.15) is 35.2 Å². The number of benzene rings is 1. The summed E-state index contributed by atoms with van der Waals surface area (Å²) in [5.41, 5.74) is 0.425. The zero-order chi connectivity index (χ0) is 22.9. The molecule has 1 aromatic heterocycles. The number of ketones is 1. The van der Waals surface area contributed by atoms with Gasteiger partial charge in [0.25, 0.3) is 0 Å². The average Bonchev–Trinajstić information content (AvgIpc) is 3.24. The Hall–Kier alpha value is -3.17. The molecule has 9 heteroatoms. The third kappa shape index (κ3) is 7.21. The molecule has 0 N–H and O–H groups in total. The molecule has 0 saturated carbocycles. The molecule has 0 spiro atoms. The maximum absolute atomic E-state index is 12.0. The Bertz CT molecular complexity index is 920. The van der Waals surface area contributed by atoms with Gasteiger partial charge in [-0.1, -0.05) is 0 Å². The van der Waals surface area contributed by atoms with E-state index in [1.54, 1.807) is 30.3 Å². The van der Waals surface area contributed by atoms with E-state index in [4.69, 9.17) is 18.6 Å². The maximum Gasteiger partial charge on any atom is 0.313 e. The highest BCUT2D eigenvalue weighted by molar-refractivity contribution is 6.05. The van der Waals surface area contributed by atoms with Crippen molar-refractivity contribution in [2.75, 3.05) is 33.4 Å². The van der Waals surface area contributed by atoms with Gasteiger partial charge < -0.3 is 23.4 Å². The summed E-state index contributed by atoms with van der Waals surface area (Å²) in [5, 5.41) is 0. The van der Waals surface area contributed by atoms with Gasteiger partial charge in [-0.2, -0.15) is 0 Å². The smallest absolute Gasteiger partial charge is 0.313 e. The van der Waals surface area contributed by atoms with Crippen LogP contribution >= 0.6 is 0 Å². The number of Topliss-reactive ketones (excluding diaryl/α,β-unsaturated/α-hetero) is 1. The number of esters is 2. The standard InChI is InChI=1S/C23H27NO8/c1-16(25)30-14-20-8-7-19(32-20)12-24-9-10-29-21(13-24)15-31-18-5-3-17(4-6-18)22(26)11-23(27)28-2/h3-8,21H,9-15H2,1-2H3. The van der Waals surface area contributed by atoms with Crippen LogP contribution in [-0.2, 0) is 37.0 Å². The molecule has 172 valence electrons. The summed E-state index contributed by atoms with van der Waals surface area (Å²) in [6.45, 7) is 4.50. The third-order valence-corrected chi connectivity index (χ3v) is 4.88. The van der Waals surface area contributed by atoms with E-state index in [1.807, 2.05) is 6.07 Å². The van der Waals surface area contributed by atoms with Crippen molar-refractivity contribution in [1.82, 2.24) is 4.90 Å². The molecular formula is C23H27NO8. The van der Waals surface area contributed by atoms with Crippen molar-refractivity contribution in [1.29, 1.82) is 0 Å². The lowest BCUT2D eigenvalue weighted by Gasteiger charge is -2.32. The Balaban J connectivity index is 1.44. The van der Waals surface area contributed by atoms with E-state index < -0.39 is 5.97 Å². The van der Waals surface area contributed by atoms with Gasteiger partial charge >= 0.3 is 11.9 Å². The molecule has 9 nitrogen and oxygen atoms in total. The van der Waals surface area contributed by atoms with Crippen molar-refractivity contribution in [3.05, 3.63) is 53.5 Å². The fourth-order valence-electron chi connectivity index (χ4n) is 3.23. The Morgan fingerprint density at radius 1 is 1.09 bits per heavy atom. The van der Waals surface area contributed by atoms with Crippen molar-refractivity contribution in [3.8, 4) is 5.75 Å². The number of ether oxygens (including phenoxy) is 4. The Morgan fingerprint density at radius 3 is 2.56 bits per heavy atom. The molecule has 0 bridgehead atoms. The summed E-state index contributed by atoms with van der Waals surface area (Å²) in [7, 11) is 1.25. The van der Waals surface area contributed by atoms with Gasteiger partial charge in [0, 0.05) is 25.6 Å². The minimum atomic E-state index is -0.565. The first kappa shape index (κ1) is 23.5. The molecule has 0 radical (unpaired) electrons. The van der Waals surface area contributed by atoms with Crippen LogP contribution < -0.4 is 4.74 Å². The third-order valence-electron chi connectivity index (χ3n) is 4.88. The molecule has 2 aromatic rings. The van der Waals surface area contributed by atoms with E-state index in [9.17, 15) is 14.4 Å². The average molecular weight is 445 g/mol. The van der Waals surface area contributed by atoms with Crippen LogP contribution in [0.4, 0.5) is 0 Å². The second-order valence-corrected chi connectivity index (χ2v) is 7.39. The van der Waals surface area contributed by atoms with Crippen molar-refractivity contribution in [2.45, 2.75) is 32.6 Å². The Labute approximate surface area is 186 Å². The molecule has 1 atom stereocenters. The van der Waals surface area contributed by atoms with E-state index >= 15 is 0 Å². The first-order valence-electron chi connectivity index (χ1n) is 10.3. The number of rotatable bonds is 10. The molecule has 1 saturated heterocycles. The highest BCUT2D eigenvalue weighted by atomic mass is 16.5. The first-order chi connectivity index (χ1) is 15.4. The van der Waals surface area contributed by atoms with Crippen molar-refractivity contribution >= 4 is 17.7 Å². The summed E-state index contributed by atoms with van der Waals surface area (Å²) in [6.07, 6.45) is -0.400. The monoisotopic (exact) mass is 445 g/mol. The molecule has 0 amide bonds. The summed E-state index contributed by atoms with van der Waals surface area (Å²) in [4.78, 5) is 36.3. The molecule has 1 unspecified atom stereocenters. The molecule has 3 rings (SSSR count). The van der Waals surface area contributed by atoms with Gasteiger partial charge in [0.15, 0.2) is 5.78 Å². The van der Waals surface area contributed by atoms with Crippen molar-refractivity contribution in [2.24, 2.45) is 0 Å². The van der Waals surface area contributed by atoms with Gasteiger partial charge in [-0.05, 0) is 36.4 Å². The number of morpholine rings is 1. The van der Waals surface area contributed by atoms with E-state index in [0.29, 0.717) is 43.4 Å². The van der Waals surface area contributed by atoms with Gasteiger partial charge in [-0.25, -0.2) is 0 Å². The summed E-state index contributed by atoms with van der Waals surface area (Å²) < 4.78 is 26.8. The molecule has 1 aromatic carbocycles.